The van der Waals surface area contributed by atoms with Crippen molar-refractivity contribution in [1.29, 1.82) is 0 Å². The van der Waals surface area contributed by atoms with Crippen LogP contribution in [0.3, 0.4) is 0 Å². The summed E-state index contributed by atoms with van der Waals surface area (Å²) in [6.07, 6.45) is 6.45. The lowest BCUT2D eigenvalue weighted by molar-refractivity contribution is 0.449. The number of hydrogen-bond donors (Lipinski definition) is 0. The van der Waals surface area contributed by atoms with Crippen molar-refractivity contribution in [1.82, 2.24) is 0 Å². The van der Waals surface area contributed by atoms with Crippen molar-refractivity contribution in [3.8, 4) is 0 Å². The molecule has 0 N–H and O–H groups in total. The van der Waals surface area contributed by atoms with Crippen molar-refractivity contribution in [3.63, 3.8) is 0 Å². The summed E-state index contributed by atoms with van der Waals surface area (Å²) in [5.74, 6) is 0. The van der Waals surface area contributed by atoms with E-state index in [0.29, 0.717) is 6.54 Å². The van der Waals surface area contributed by atoms with Gasteiger partial charge in [-0.1, -0.05) is 36.6 Å². The maximum atomic E-state index is 10.4. The molecule has 0 unspecified atom stereocenters. The minimum Gasteiger partial charge on any atom is -0.211 e. The molecule has 0 aliphatic heterocycles. The van der Waals surface area contributed by atoms with E-state index < -0.39 is 0 Å². The number of aryl methyl sites for hydroxylation is 2. The zero-order chi connectivity index (χ0) is 12.3. The fourth-order valence-corrected chi connectivity index (χ4v) is 3.16. The van der Waals surface area contributed by atoms with E-state index in [9.17, 15) is 4.79 Å². The first-order chi connectivity index (χ1) is 8.18. The molecule has 2 nitrogen and oxygen atoms in total. The van der Waals surface area contributed by atoms with Gasteiger partial charge in [-0.3, -0.25) is 0 Å². The van der Waals surface area contributed by atoms with Crippen molar-refractivity contribution in [2.24, 2.45) is 4.99 Å². The number of aliphatic imine (C=N–C) groups is 1. The second-order valence-corrected chi connectivity index (χ2v) is 5.21. The predicted octanol–water partition coefficient (Wildman–Crippen LogP) is 3.45. The normalized spacial score (nSPS) is 17.8. The van der Waals surface area contributed by atoms with Gasteiger partial charge in [-0.25, -0.2) is 9.79 Å². The standard InChI is InChI=1S/C15H19NO/c1-12-5-6-14(13(2)9-12)15(10-16-11-17)7-3-4-8-15/h5-6,9H,3-4,7-8,10H2,1-2H3. The summed E-state index contributed by atoms with van der Waals surface area (Å²) in [6.45, 7) is 4.87. The van der Waals surface area contributed by atoms with Crippen LogP contribution in [0.25, 0.3) is 0 Å². The molecule has 1 aromatic rings. The van der Waals surface area contributed by atoms with Gasteiger partial charge in [-0.15, -0.1) is 0 Å². The van der Waals surface area contributed by atoms with Gasteiger partial charge in [0.15, 0.2) is 0 Å². The monoisotopic (exact) mass is 229 g/mol. The molecule has 0 atom stereocenters. The van der Waals surface area contributed by atoms with Crippen LogP contribution in [0.15, 0.2) is 23.2 Å². The van der Waals surface area contributed by atoms with E-state index in [2.05, 4.69) is 37.0 Å². The average Bonchev–Trinajstić information content (AvgIpc) is 2.76. The number of benzene rings is 1. The molecule has 0 bridgehead atoms. The molecular weight excluding hydrogens is 210 g/mol. The van der Waals surface area contributed by atoms with Crippen molar-refractivity contribution in [2.45, 2.75) is 44.9 Å². The van der Waals surface area contributed by atoms with E-state index in [1.54, 1.807) is 6.08 Å². The quantitative estimate of drug-likeness (QED) is 0.576. The van der Waals surface area contributed by atoms with Crippen LogP contribution in [-0.2, 0) is 10.2 Å². The summed E-state index contributed by atoms with van der Waals surface area (Å²) < 4.78 is 0. The summed E-state index contributed by atoms with van der Waals surface area (Å²) in [5, 5.41) is 0. The maximum Gasteiger partial charge on any atom is 0.234 e. The Labute approximate surface area is 103 Å². The van der Waals surface area contributed by atoms with Gasteiger partial charge < -0.3 is 0 Å². The van der Waals surface area contributed by atoms with Gasteiger partial charge in [0, 0.05) is 5.41 Å². The topological polar surface area (TPSA) is 29.4 Å². The first-order valence-corrected chi connectivity index (χ1v) is 6.29. The van der Waals surface area contributed by atoms with Gasteiger partial charge in [0.2, 0.25) is 6.08 Å². The first-order valence-electron chi connectivity index (χ1n) is 6.29. The van der Waals surface area contributed by atoms with E-state index in [1.165, 1.54) is 29.5 Å². The molecule has 0 saturated heterocycles. The molecule has 0 heterocycles. The summed E-state index contributed by atoms with van der Waals surface area (Å²) >= 11 is 0. The Morgan fingerprint density at radius 3 is 2.59 bits per heavy atom. The summed E-state index contributed by atoms with van der Waals surface area (Å²) in [6, 6.07) is 6.60. The van der Waals surface area contributed by atoms with Gasteiger partial charge in [0.05, 0.1) is 6.54 Å². The molecule has 1 saturated carbocycles. The lowest BCUT2D eigenvalue weighted by Gasteiger charge is -2.29. The molecule has 2 rings (SSSR count). The zero-order valence-electron chi connectivity index (χ0n) is 10.6. The van der Waals surface area contributed by atoms with Crippen molar-refractivity contribution in [2.75, 3.05) is 6.54 Å². The lowest BCUT2D eigenvalue weighted by atomic mass is 9.76. The van der Waals surface area contributed by atoms with Crippen LogP contribution in [0.1, 0.15) is 42.4 Å². The maximum absolute atomic E-state index is 10.4. The molecule has 2 heteroatoms. The van der Waals surface area contributed by atoms with Crippen molar-refractivity contribution < 1.29 is 4.79 Å². The van der Waals surface area contributed by atoms with Gasteiger partial charge in [0.25, 0.3) is 0 Å². The SMILES string of the molecule is Cc1ccc(C2(CN=C=O)CCCC2)c(C)c1. The summed E-state index contributed by atoms with van der Waals surface area (Å²) in [7, 11) is 0. The summed E-state index contributed by atoms with van der Waals surface area (Å²) in [5.41, 5.74) is 4.08. The molecule has 1 aliphatic rings. The molecule has 0 aromatic heterocycles. The van der Waals surface area contributed by atoms with E-state index in [-0.39, 0.29) is 5.41 Å². The molecule has 1 fully saturated rings. The van der Waals surface area contributed by atoms with Crippen LogP contribution in [0, 0.1) is 13.8 Å². The summed E-state index contributed by atoms with van der Waals surface area (Å²) in [4.78, 5) is 14.2. The molecule has 1 aromatic carbocycles. The Kier molecular flexibility index (Phi) is 3.44. The van der Waals surface area contributed by atoms with Gasteiger partial charge in [0.1, 0.15) is 0 Å². The van der Waals surface area contributed by atoms with Gasteiger partial charge in [-0.2, -0.15) is 0 Å². The van der Waals surface area contributed by atoms with Crippen LogP contribution < -0.4 is 0 Å². The Hall–Kier alpha value is -1.40. The second-order valence-electron chi connectivity index (χ2n) is 5.21. The predicted molar refractivity (Wildman–Crippen MR) is 69.1 cm³/mol. The highest BCUT2D eigenvalue weighted by Gasteiger charge is 2.36. The second kappa shape index (κ2) is 4.85. The largest absolute Gasteiger partial charge is 0.234 e. The van der Waals surface area contributed by atoms with Crippen LogP contribution >= 0.6 is 0 Å². The van der Waals surface area contributed by atoms with Crippen LogP contribution in [0.2, 0.25) is 0 Å². The molecular formula is C15H19NO. The van der Waals surface area contributed by atoms with Crippen LogP contribution in [0.5, 0.6) is 0 Å². The zero-order valence-corrected chi connectivity index (χ0v) is 10.6. The highest BCUT2D eigenvalue weighted by molar-refractivity contribution is 5.39. The third kappa shape index (κ3) is 2.32. The van der Waals surface area contributed by atoms with Crippen LogP contribution in [-0.4, -0.2) is 12.6 Å². The molecule has 17 heavy (non-hydrogen) atoms. The lowest BCUT2D eigenvalue weighted by Crippen LogP contribution is -2.27. The average molecular weight is 229 g/mol. The van der Waals surface area contributed by atoms with E-state index in [4.69, 9.17) is 0 Å². The number of isocyanates is 1. The van der Waals surface area contributed by atoms with Crippen LogP contribution in [0.4, 0.5) is 0 Å². The van der Waals surface area contributed by atoms with Gasteiger partial charge >= 0.3 is 0 Å². The highest BCUT2D eigenvalue weighted by atomic mass is 16.1. The number of rotatable bonds is 3. The minimum atomic E-state index is 0.0925. The third-order valence-corrected chi connectivity index (χ3v) is 3.96. The van der Waals surface area contributed by atoms with E-state index in [0.717, 1.165) is 12.8 Å². The Bertz CT molecular complexity index is 452. The molecule has 0 radical (unpaired) electrons. The Morgan fingerprint density at radius 1 is 1.29 bits per heavy atom. The third-order valence-electron chi connectivity index (χ3n) is 3.96. The first kappa shape index (κ1) is 12.1. The molecule has 1 aliphatic carbocycles. The highest BCUT2D eigenvalue weighted by Crippen LogP contribution is 2.42. The smallest absolute Gasteiger partial charge is 0.211 e. The van der Waals surface area contributed by atoms with Crippen molar-refractivity contribution in [3.05, 3.63) is 34.9 Å². The van der Waals surface area contributed by atoms with E-state index in [1.807, 2.05) is 0 Å². The van der Waals surface area contributed by atoms with Crippen molar-refractivity contribution >= 4 is 6.08 Å². The molecule has 90 valence electrons. The molecule has 0 spiro atoms. The number of nitrogens with zero attached hydrogens (tertiary/aromatic N) is 1. The number of hydrogen-bond acceptors (Lipinski definition) is 2. The molecule has 0 amide bonds. The fourth-order valence-electron chi connectivity index (χ4n) is 3.16. The van der Waals surface area contributed by atoms with E-state index >= 15 is 0 Å². The Balaban J connectivity index is 2.41. The fraction of sp³-hybridized carbons (Fsp3) is 0.533. The number of carbonyl (C=O) groups excluding carboxylic acids is 1. The van der Waals surface area contributed by atoms with Gasteiger partial charge in [-0.05, 0) is 37.8 Å². The minimum absolute atomic E-state index is 0.0925. The Morgan fingerprint density at radius 2 is 2.00 bits per heavy atom.